The third-order valence-electron chi connectivity index (χ3n) is 6.24. The van der Waals surface area contributed by atoms with E-state index in [-0.39, 0.29) is 0 Å². The SMILES string of the molecule is [2H]n1c2ccccc2c(=S)c2c1c1c(=S)c3ccccc3n([2H])c1c1c(=S)c3ccccc3n([2H])c21. The summed E-state index contributed by atoms with van der Waals surface area (Å²) in [4.78, 5) is 4.02. The van der Waals surface area contributed by atoms with Gasteiger partial charge in [-0.2, -0.15) is 0 Å². The Bertz CT molecular complexity index is 2030. The monoisotopic (exact) mass is 480 g/mol. The number of hydrogen-bond acceptors (Lipinski definition) is 3. The molecule has 0 saturated carbocycles. The Hall–Kier alpha value is -3.45. The molecule has 0 atom stereocenters. The first-order valence-corrected chi connectivity index (χ1v) is 11.7. The predicted molar refractivity (Wildman–Crippen MR) is 147 cm³/mol. The molecule has 0 amide bonds. The fourth-order valence-corrected chi connectivity index (χ4v) is 5.84. The van der Waals surface area contributed by atoms with Gasteiger partial charge in [0.15, 0.2) is 4.24 Å². The molecule has 3 heterocycles. The van der Waals surface area contributed by atoms with Gasteiger partial charge in [0.1, 0.15) is 0 Å². The van der Waals surface area contributed by atoms with Crippen LogP contribution in [0.3, 0.4) is 0 Å². The van der Waals surface area contributed by atoms with Crippen LogP contribution in [0, 0.1) is 13.5 Å². The maximum Gasteiger partial charge on any atom is 0.167 e. The Labute approximate surface area is 207 Å². The Morgan fingerprint density at radius 2 is 0.727 bits per heavy atom. The van der Waals surface area contributed by atoms with Crippen LogP contribution in [0.5, 0.6) is 0 Å². The smallest absolute Gasteiger partial charge is 0.167 e. The van der Waals surface area contributed by atoms with Crippen LogP contribution >= 0.6 is 36.7 Å². The highest BCUT2D eigenvalue weighted by Gasteiger charge is 2.18. The highest BCUT2D eigenvalue weighted by molar-refractivity contribution is 7.72. The normalized spacial score (nSPS) is 13.3. The molecule has 0 saturated heterocycles. The van der Waals surface area contributed by atoms with Crippen molar-refractivity contribution in [1.29, 1.82) is 0 Å². The molecular formula is C27H15N3S3. The first-order chi connectivity index (χ1) is 17.4. The minimum Gasteiger partial charge on any atom is -0.354 e. The van der Waals surface area contributed by atoms with E-state index in [1.54, 1.807) is 0 Å². The lowest BCUT2D eigenvalue weighted by Crippen LogP contribution is -1.95. The molecule has 0 radical (unpaired) electrons. The van der Waals surface area contributed by atoms with E-state index < -0.39 is 0 Å². The number of H-pyrrole nitrogens is 3. The lowest BCUT2D eigenvalue weighted by molar-refractivity contribution is 1.46. The minimum atomic E-state index is 0.476. The Balaban J connectivity index is 2.04. The van der Waals surface area contributed by atoms with Crippen molar-refractivity contribution in [1.82, 2.24) is 14.9 Å². The molecule has 156 valence electrons. The zero-order valence-corrected chi connectivity index (χ0v) is 19.4. The van der Waals surface area contributed by atoms with Crippen molar-refractivity contribution in [3.8, 4) is 0 Å². The molecule has 33 heavy (non-hydrogen) atoms. The van der Waals surface area contributed by atoms with Crippen LogP contribution in [0.15, 0.2) is 72.8 Å². The van der Waals surface area contributed by atoms with E-state index in [0.717, 1.165) is 16.2 Å². The first kappa shape index (κ1) is 16.2. The van der Waals surface area contributed by atoms with Crippen LogP contribution in [-0.2, 0) is 0 Å². The Kier molecular flexibility index (Phi) is 3.33. The van der Waals surface area contributed by atoms with Gasteiger partial charge in [-0.1, -0.05) is 91.3 Å². The molecule has 3 N–H and O–H groups in total. The van der Waals surface area contributed by atoms with Gasteiger partial charge >= 0.3 is 0 Å². The second kappa shape index (κ2) is 6.78. The molecule has 0 unspecified atom stereocenters. The Morgan fingerprint density at radius 1 is 0.455 bits per heavy atom. The number of fused-ring (bicyclic) bond motifs is 9. The van der Waals surface area contributed by atoms with E-state index in [1.165, 1.54) is 14.9 Å². The molecule has 0 aliphatic heterocycles. The summed E-state index contributed by atoms with van der Waals surface area (Å²) in [5.41, 5.74) is 3.32. The molecule has 0 aliphatic rings. The Morgan fingerprint density at radius 3 is 1.03 bits per heavy atom. The third kappa shape index (κ3) is 2.51. The van der Waals surface area contributed by atoms with Gasteiger partial charge in [-0.3, -0.25) is 0 Å². The predicted octanol–water partition coefficient (Wildman–Crippen LogP) is 8.78. The van der Waals surface area contributed by atoms with Crippen LogP contribution in [0.1, 0.15) is 0 Å². The molecular weight excluding hydrogens is 463 g/mol. The van der Waals surface area contributed by atoms with E-state index in [4.69, 9.17) is 36.7 Å². The number of hydrogen-bond donors (Lipinski definition) is 3. The van der Waals surface area contributed by atoms with Crippen LogP contribution in [0.4, 0.5) is 0 Å². The summed E-state index contributed by atoms with van der Waals surface area (Å²) in [6.07, 6.45) is 0. The molecule has 0 bridgehead atoms. The summed E-state index contributed by atoms with van der Waals surface area (Å²) >= 11 is 18.1. The van der Waals surface area contributed by atoms with Crippen molar-refractivity contribution in [3.63, 3.8) is 0 Å². The van der Waals surface area contributed by atoms with Crippen molar-refractivity contribution >= 4 is 102 Å². The summed E-state index contributed by atoms with van der Waals surface area (Å²) in [5, 5.41) is 3.90. The fraction of sp³-hybridized carbons (Fsp3) is 0. The lowest BCUT2D eigenvalue weighted by Gasteiger charge is -2.15. The van der Waals surface area contributed by atoms with E-state index in [2.05, 4.69) is 0 Å². The van der Waals surface area contributed by atoms with Crippen molar-refractivity contribution in [2.75, 3.05) is 0 Å². The maximum absolute atomic E-state index is 9.21. The van der Waals surface area contributed by atoms with Crippen LogP contribution in [0.2, 0.25) is 4.24 Å². The molecule has 4 aromatic carbocycles. The van der Waals surface area contributed by atoms with E-state index >= 15 is 0 Å². The highest BCUT2D eigenvalue weighted by Crippen LogP contribution is 2.39. The molecule has 0 aliphatic carbocycles. The molecule has 0 fully saturated rings. The van der Waals surface area contributed by atoms with Gasteiger partial charge < -0.3 is 14.9 Å². The number of nitrogens with one attached hydrogen (secondary N) is 3. The molecule has 7 rings (SSSR count). The topological polar surface area (TPSA) is 47.4 Å². The van der Waals surface area contributed by atoms with Gasteiger partial charge in [0.25, 0.3) is 0 Å². The quantitative estimate of drug-likeness (QED) is 0.115. The van der Waals surface area contributed by atoms with E-state index in [0.29, 0.717) is 62.8 Å². The average Bonchev–Trinajstić information content (AvgIpc) is 2.92. The zero-order chi connectivity index (χ0) is 24.9. The molecule has 7 aromatic rings. The maximum atomic E-state index is 9.21. The van der Waals surface area contributed by atoms with Crippen LogP contribution < -0.4 is 0 Å². The summed E-state index contributed by atoms with van der Waals surface area (Å²) in [6.45, 7) is 0. The summed E-state index contributed by atoms with van der Waals surface area (Å²) < 4.78 is 29.2. The van der Waals surface area contributed by atoms with Gasteiger partial charge in [-0.25, -0.2) is 0 Å². The van der Waals surface area contributed by atoms with E-state index in [9.17, 15) is 4.24 Å². The number of rotatable bonds is 0. The van der Waals surface area contributed by atoms with Crippen molar-refractivity contribution < 1.29 is 4.24 Å². The lowest BCUT2D eigenvalue weighted by atomic mass is 9.99. The molecule has 6 heteroatoms. The van der Waals surface area contributed by atoms with Gasteiger partial charge in [0.2, 0.25) is 0 Å². The first-order valence-electron chi connectivity index (χ1n) is 11.8. The van der Waals surface area contributed by atoms with E-state index in [1.807, 2.05) is 72.8 Å². The minimum absolute atomic E-state index is 0.476. The van der Waals surface area contributed by atoms with Crippen molar-refractivity contribution in [2.24, 2.45) is 0 Å². The second-order valence-corrected chi connectivity index (χ2v) is 9.27. The summed E-state index contributed by atoms with van der Waals surface area (Å²) in [7, 11) is 0. The molecule has 0 spiro atoms. The van der Waals surface area contributed by atoms with Gasteiger partial charge in [-0.15, -0.1) is 0 Å². The average molecular weight is 481 g/mol. The third-order valence-corrected chi connectivity index (χ3v) is 7.52. The van der Waals surface area contributed by atoms with Gasteiger partial charge in [-0.05, 0) is 18.2 Å². The number of aromatic nitrogens is 3. The van der Waals surface area contributed by atoms with Gasteiger partial charge in [0.05, 0.1) is 30.1 Å². The largest absolute Gasteiger partial charge is 0.354 e. The standard InChI is InChI=1S/C27H15N3S3/c31-25-13-7-1-4-10-16(13)28-22-19(25)23-21(27(33)14-8-2-5-11-17(14)29-23)24-20(22)26(32)15-9-3-6-12-18(15)30-24/h1-12H,(H,28,31)(H,29,33)(H,30,32)/i/hD3. The second-order valence-electron chi connectivity index (χ2n) is 8.05. The number of benzene rings is 4. The highest BCUT2D eigenvalue weighted by atomic mass is 32.1. The number of aromatic amines is 3. The van der Waals surface area contributed by atoms with Crippen molar-refractivity contribution in [2.45, 2.75) is 0 Å². The van der Waals surface area contributed by atoms with Crippen LogP contribution in [0.25, 0.3) is 65.4 Å². The summed E-state index contributed by atoms with van der Waals surface area (Å²) in [5.74, 6) is 0. The molecule has 3 nitrogen and oxygen atoms in total. The van der Waals surface area contributed by atoms with Gasteiger partial charge in [0, 0.05) is 48.9 Å². The number of para-hydroxylation sites is 3. The summed E-state index contributed by atoms with van der Waals surface area (Å²) in [6, 6.07) is 22.5. The molecule has 3 aromatic heterocycles. The zero-order valence-electron chi connectivity index (χ0n) is 20.0. The fourth-order valence-electron chi connectivity index (χ4n) is 4.75. The number of pyridine rings is 3. The van der Waals surface area contributed by atoms with Crippen molar-refractivity contribution in [3.05, 3.63) is 86.3 Å². The van der Waals surface area contributed by atoms with Crippen LogP contribution in [-0.4, -0.2) is 14.9 Å².